The zero-order valence-electron chi connectivity index (χ0n) is 39.4. The van der Waals surface area contributed by atoms with E-state index in [1.807, 2.05) is 39.6 Å². The lowest BCUT2D eigenvalue weighted by atomic mass is 9.79. The highest BCUT2D eigenvalue weighted by Crippen LogP contribution is 2.38. The minimum absolute atomic E-state index is 0.0866. The van der Waals surface area contributed by atoms with Gasteiger partial charge in [0, 0.05) is 56.7 Å². The first-order chi connectivity index (χ1) is 31.0. The van der Waals surface area contributed by atoms with Crippen molar-refractivity contribution >= 4 is 23.4 Å². The third kappa shape index (κ3) is 12.6. The molecule has 0 aromatic carbocycles. The summed E-state index contributed by atoms with van der Waals surface area (Å²) in [6.45, 7) is 13.4. The quantitative estimate of drug-likeness (QED) is 0.119. The maximum atomic E-state index is 14.3. The van der Waals surface area contributed by atoms with Gasteiger partial charge in [0.05, 0.1) is 43.2 Å². The number of ether oxygens (including phenoxy) is 5. The Labute approximate surface area is 386 Å². The maximum Gasteiger partial charge on any atom is 0.260 e. The van der Waals surface area contributed by atoms with Gasteiger partial charge in [0.2, 0.25) is 5.91 Å². The number of hydrogen-bond donors (Lipinski definition) is 11. The molecule has 5 aliphatic heterocycles. The highest BCUT2D eigenvalue weighted by atomic mass is 16.7. The van der Waals surface area contributed by atoms with Gasteiger partial charge in [-0.25, -0.2) is 5.43 Å². The largest absolute Gasteiger partial charge is 0.394 e. The number of hydrazine groups is 1. The highest BCUT2D eigenvalue weighted by Gasteiger charge is 2.55. The summed E-state index contributed by atoms with van der Waals surface area (Å²) in [4.78, 5) is 41.6. The molecule has 0 spiro atoms. The molecular formula is C44H76N6O16. The summed E-state index contributed by atoms with van der Waals surface area (Å²) in [5.41, 5.74) is 1.73. The molecule has 0 aliphatic carbocycles. The second-order valence-electron chi connectivity index (χ2n) is 19.6. The Morgan fingerprint density at radius 3 is 2.38 bits per heavy atom. The Hall–Kier alpha value is -2.94. The Bertz CT molecular complexity index is 1690. The summed E-state index contributed by atoms with van der Waals surface area (Å²) in [5.74, 6) is -2.30. The molecule has 0 saturated carbocycles. The first-order valence-corrected chi connectivity index (χ1v) is 23.2. The topological polar surface area (TPSA) is 314 Å². The number of aliphatic hydroxyl groups is 8. The minimum atomic E-state index is -1.89. The molecule has 0 aromatic rings. The van der Waals surface area contributed by atoms with E-state index in [9.17, 15) is 55.2 Å². The Kier molecular flexibility index (Phi) is 18.9. The molecule has 66 heavy (non-hydrogen) atoms. The lowest BCUT2D eigenvalue weighted by Crippen LogP contribution is -2.69. The predicted molar refractivity (Wildman–Crippen MR) is 234 cm³/mol. The first kappa shape index (κ1) is 54.0. The van der Waals surface area contributed by atoms with Gasteiger partial charge in [-0.1, -0.05) is 40.7 Å². The average Bonchev–Trinajstić information content (AvgIpc) is 3.52. The number of nitrogens with one attached hydrogen (secondary N) is 3. The number of rotatable bonds is 8. The molecule has 3 fully saturated rings. The van der Waals surface area contributed by atoms with Crippen molar-refractivity contribution in [2.75, 3.05) is 39.4 Å². The van der Waals surface area contributed by atoms with E-state index in [2.05, 4.69) is 16.1 Å². The van der Waals surface area contributed by atoms with Crippen LogP contribution in [-0.4, -0.2) is 211 Å². The third-order valence-electron chi connectivity index (χ3n) is 13.8. The Balaban J connectivity index is 1.60. The zero-order valence-corrected chi connectivity index (χ0v) is 39.4. The average molecular weight is 945 g/mol. The molecule has 5 aliphatic rings. The molecule has 3 saturated heterocycles. The van der Waals surface area contributed by atoms with Crippen molar-refractivity contribution in [2.45, 2.75) is 185 Å². The van der Waals surface area contributed by atoms with Gasteiger partial charge >= 0.3 is 0 Å². The number of hydrazone groups is 1. The fourth-order valence-electron chi connectivity index (χ4n) is 9.24. The van der Waals surface area contributed by atoms with E-state index in [-0.39, 0.29) is 31.3 Å². The second kappa shape index (κ2) is 23.1. The molecule has 17 atom stereocenters. The van der Waals surface area contributed by atoms with Crippen molar-refractivity contribution in [2.24, 2.45) is 22.4 Å². The van der Waals surface area contributed by atoms with Crippen molar-refractivity contribution < 1.29 is 78.9 Å². The Morgan fingerprint density at radius 1 is 1.03 bits per heavy atom. The summed E-state index contributed by atoms with van der Waals surface area (Å²) < 4.78 is 31.1. The fourth-order valence-corrected chi connectivity index (χ4v) is 9.24. The van der Waals surface area contributed by atoms with Crippen molar-refractivity contribution in [3.63, 3.8) is 0 Å². The van der Waals surface area contributed by atoms with E-state index in [0.717, 1.165) is 10.7 Å². The van der Waals surface area contributed by atoms with E-state index < -0.39 is 134 Å². The zero-order chi connectivity index (χ0) is 48.8. The summed E-state index contributed by atoms with van der Waals surface area (Å²) in [5, 5.41) is 102. The highest BCUT2D eigenvalue weighted by molar-refractivity contribution is 5.87. The molecule has 5 heterocycles. The van der Waals surface area contributed by atoms with Gasteiger partial charge in [0.25, 0.3) is 11.8 Å². The van der Waals surface area contributed by atoms with Gasteiger partial charge in [-0.3, -0.25) is 24.4 Å². The van der Waals surface area contributed by atoms with Gasteiger partial charge in [0.15, 0.2) is 18.7 Å². The number of carbonyl (C=O) groups excluding carboxylic acids is 3. The van der Waals surface area contributed by atoms with Crippen LogP contribution in [0.1, 0.15) is 87.5 Å². The molecule has 0 aromatic heterocycles. The van der Waals surface area contributed by atoms with Crippen LogP contribution in [0.5, 0.6) is 0 Å². The summed E-state index contributed by atoms with van der Waals surface area (Å²) >= 11 is 0. The lowest BCUT2D eigenvalue weighted by molar-refractivity contribution is -0.327. The van der Waals surface area contributed by atoms with Crippen LogP contribution in [0.2, 0.25) is 0 Å². The summed E-state index contributed by atoms with van der Waals surface area (Å²) in [7, 11) is 0. The number of hydrogen-bond acceptors (Lipinski definition) is 19. The van der Waals surface area contributed by atoms with Gasteiger partial charge in [0.1, 0.15) is 48.8 Å². The van der Waals surface area contributed by atoms with Crippen LogP contribution in [0, 0.1) is 17.3 Å². The number of nitrogens with zero attached hydrogens (tertiary/aromatic N) is 3. The van der Waals surface area contributed by atoms with Crippen molar-refractivity contribution in [1.29, 1.82) is 0 Å². The van der Waals surface area contributed by atoms with Gasteiger partial charge in [-0.05, 0) is 51.4 Å². The number of amides is 3. The maximum absolute atomic E-state index is 14.3. The smallest absolute Gasteiger partial charge is 0.260 e. The normalized spacial score (nSPS) is 39.9. The van der Waals surface area contributed by atoms with Crippen molar-refractivity contribution in [3.8, 4) is 0 Å². The van der Waals surface area contributed by atoms with Gasteiger partial charge in [-0.2, -0.15) is 5.10 Å². The first-order valence-electron chi connectivity index (χ1n) is 23.2. The molecule has 22 heteroatoms. The van der Waals surface area contributed by atoms with Crippen molar-refractivity contribution in [1.82, 2.24) is 26.1 Å². The molecule has 3 amide bonds. The van der Waals surface area contributed by atoms with Crippen LogP contribution in [0.15, 0.2) is 17.3 Å². The molecule has 11 N–H and O–H groups in total. The van der Waals surface area contributed by atoms with Crippen LogP contribution in [-0.2, 0) is 38.1 Å². The molecule has 6 bridgehead atoms. The molecule has 17 unspecified atom stereocenters. The van der Waals surface area contributed by atoms with Crippen LogP contribution in [0.25, 0.3) is 0 Å². The molecule has 5 rings (SSSR count). The van der Waals surface area contributed by atoms with E-state index in [4.69, 9.17) is 28.8 Å². The fraction of sp³-hybridized carbons (Fsp3) is 0.864. The second-order valence-corrected chi connectivity index (χ2v) is 19.6. The standard InChI is InChI=1S/C44H76N6O16/c1-9-44(8,22(2)3)66-37-34(58)35(59)42-64-36-27(54)17-26(19-51)62-39(30(36)47-24(5)53)43(6,7)21-46-50(31-33(57)32(56)28(20-52)63-41(31)61)29(55)14-13-25-12-11-23(4)48-49(18-25)16-10-15-45-40(60)38(37)65-42/h13-14,22,25-28,30-39,41-42,46,51-52,54,56-59,61H,9-12,15-21H2,1-8H3,(H,45,60)(H,47,53). The van der Waals surface area contributed by atoms with Crippen LogP contribution in [0.3, 0.4) is 0 Å². The van der Waals surface area contributed by atoms with E-state index >= 15 is 0 Å². The van der Waals surface area contributed by atoms with Crippen molar-refractivity contribution in [3.05, 3.63) is 12.2 Å². The van der Waals surface area contributed by atoms with E-state index in [1.54, 1.807) is 19.9 Å². The lowest BCUT2D eigenvalue weighted by Gasteiger charge is -2.48. The van der Waals surface area contributed by atoms with E-state index in [1.165, 1.54) is 13.0 Å². The third-order valence-corrected chi connectivity index (χ3v) is 13.8. The number of aliphatic hydroxyl groups excluding tert-OH is 8. The number of fused-ring (bicyclic) bond motifs is 6. The molecule has 378 valence electrons. The minimum Gasteiger partial charge on any atom is -0.394 e. The predicted octanol–water partition coefficient (Wildman–Crippen LogP) is -2.63. The Morgan fingerprint density at radius 2 is 1.74 bits per heavy atom. The SMILES string of the molecule is CCC(C)(OC1C2OC(OC3C(O)CC(CO)OC(C3NC(C)=O)C(C)(C)CNN(C3C(O)OC(CO)C(O)C3O)C(=O)C=CC3CCC(C)=NN(CCCNC2=O)C3)C(O)C1O)C(C)C. The van der Waals surface area contributed by atoms with Gasteiger partial charge < -0.3 is 75.2 Å². The van der Waals surface area contributed by atoms with E-state index in [0.29, 0.717) is 38.8 Å². The molecule has 22 nitrogen and oxygen atoms in total. The van der Waals surface area contributed by atoms with Gasteiger partial charge in [-0.15, -0.1) is 0 Å². The molecular weight excluding hydrogens is 869 g/mol. The number of carbonyl (C=O) groups is 3. The van der Waals surface area contributed by atoms with Crippen LogP contribution < -0.4 is 16.1 Å². The van der Waals surface area contributed by atoms with Crippen LogP contribution in [0.4, 0.5) is 0 Å². The molecule has 0 radical (unpaired) electrons. The summed E-state index contributed by atoms with van der Waals surface area (Å²) in [6, 6.07) is -2.93. The monoisotopic (exact) mass is 945 g/mol. The summed E-state index contributed by atoms with van der Waals surface area (Å²) in [6.07, 6.45) is -15.5. The van der Waals surface area contributed by atoms with Crippen LogP contribution >= 0.6 is 0 Å².